The van der Waals surface area contributed by atoms with E-state index < -0.39 is 5.97 Å². The molecule has 0 spiro atoms. The van der Waals surface area contributed by atoms with E-state index in [1.54, 1.807) is 11.8 Å². The highest BCUT2D eigenvalue weighted by Gasteiger charge is 2.03. The van der Waals surface area contributed by atoms with E-state index in [9.17, 15) is 9.59 Å². The minimum atomic E-state index is -0.823. The van der Waals surface area contributed by atoms with Gasteiger partial charge in [0.15, 0.2) is 0 Å². The average molecular weight is 219 g/mol. The van der Waals surface area contributed by atoms with Gasteiger partial charge in [-0.25, -0.2) is 0 Å². The predicted octanol–water partition coefficient (Wildman–Crippen LogP) is 1.11. The highest BCUT2D eigenvalue weighted by molar-refractivity contribution is 8.00. The second-order valence-electron chi connectivity index (χ2n) is 3.21. The Morgan fingerprint density at radius 3 is 2.57 bits per heavy atom. The number of amides is 1. The van der Waals surface area contributed by atoms with E-state index in [0.29, 0.717) is 24.0 Å². The lowest BCUT2D eigenvalue weighted by Crippen LogP contribution is -2.27. The topological polar surface area (TPSA) is 66.4 Å². The summed E-state index contributed by atoms with van der Waals surface area (Å²) >= 11 is 1.58. The molecule has 0 heterocycles. The monoisotopic (exact) mass is 219 g/mol. The Kier molecular flexibility index (Phi) is 7.28. The van der Waals surface area contributed by atoms with Crippen LogP contribution in [-0.2, 0) is 9.59 Å². The molecule has 0 aliphatic rings. The second kappa shape index (κ2) is 7.67. The van der Waals surface area contributed by atoms with Gasteiger partial charge in [0.25, 0.3) is 0 Å². The summed E-state index contributed by atoms with van der Waals surface area (Å²) in [5, 5.41) is 11.5. The van der Waals surface area contributed by atoms with Gasteiger partial charge < -0.3 is 10.4 Å². The fraction of sp³-hybridized carbons (Fsp3) is 0.778. The van der Waals surface area contributed by atoms with Crippen molar-refractivity contribution in [1.29, 1.82) is 0 Å². The number of thioether (sulfide) groups is 1. The zero-order valence-corrected chi connectivity index (χ0v) is 9.39. The van der Waals surface area contributed by atoms with Crippen LogP contribution in [0.15, 0.2) is 0 Å². The Bertz CT molecular complexity index is 194. The number of carboxylic acid groups (broad SMARTS) is 1. The maximum Gasteiger partial charge on any atom is 0.303 e. The van der Waals surface area contributed by atoms with Gasteiger partial charge in [-0.15, -0.1) is 11.8 Å². The second-order valence-corrected chi connectivity index (χ2v) is 4.77. The summed E-state index contributed by atoms with van der Waals surface area (Å²) in [6, 6.07) is 0. The molecule has 0 rings (SSSR count). The van der Waals surface area contributed by atoms with E-state index in [4.69, 9.17) is 5.11 Å². The summed E-state index contributed by atoms with van der Waals surface area (Å²) in [6.45, 7) is 4.51. The van der Waals surface area contributed by atoms with Crippen molar-refractivity contribution in [2.75, 3.05) is 12.3 Å². The highest BCUT2D eigenvalue weighted by atomic mass is 32.2. The number of aliphatic carboxylic acids is 1. The molecule has 4 nitrogen and oxygen atoms in total. The van der Waals surface area contributed by atoms with E-state index in [1.165, 1.54) is 0 Å². The normalized spacial score (nSPS) is 10.2. The van der Waals surface area contributed by atoms with E-state index in [-0.39, 0.29) is 12.3 Å². The van der Waals surface area contributed by atoms with Crippen LogP contribution in [0, 0.1) is 0 Å². The first-order valence-corrected chi connectivity index (χ1v) is 5.67. The minimum Gasteiger partial charge on any atom is -0.481 e. The molecule has 0 fully saturated rings. The molecule has 0 aromatic heterocycles. The van der Waals surface area contributed by atoms with E-state index in [1.807, 2.05) is 13.8 Å². The quantitative estimate of drug-likeness (QED) is 0.629. The fourth-order valence-electron chi connectivity index (χ4n) is 0.761. The maximum absolute atomic E-state index is 11.1. The molecule has 2 N–H and O–H groups in total. The molecular weight excluding hydrogens is 202 g/mol. The van der Waals surface area contributed by atoms with Gasteiger partial charge in [-0.3, -0.25) is 9.59 Å². The van der Waals surface area contributed by atoms with Crippen LogP contribution in [0.25, 0.3) is 0 Å². The van der Waals surface area contributed by atoms with Crippen molar-refractivity contribution in [3.63, 3.8) is 0 Å². The van der Waals surface area contributed by atoms with Crippen LogP contribution in [0.3, 0.4) is 0 Å². The van der Waals surface area contributed by atoms with Crippen LogP contribution in [0.4, 0.5) is 0 Å². The summed E-state index contributed by atoms with van der Waals surface area (Å²) in [4.78, 5) is 21.3. The van der Waals surface area contributed by atoms with Crippen molar-refractivity contribution in [3.05, 3.63) is 0 Å². The van der Waals surface area contributed by atoms with Crippen LogP contribution >= 0.6 is 11.8 Å². The number of hydrogen-bond donors (Lipinski definition) is 2. The number of hydrogen-bond acceptors (Lipinski definition) is 3. The van der Waals surface area contributed by atoms with Gasteiger partial charge in [-0.2, -0.15) is 0 Å². The maximum atomic E-state index is 11.1. The molecule has 0 bridgehead atoms. The molecule has 0 unspecified atom stereocenters. The SMILES string of the molecule is CC(C)SCC(=O)NCCCC(=O)O. The predicted molar refractivity (Wildman–Crippen MR) is 57.5 cm³/mol. The molecule has 0 aromatic carbocycles. The summed E-state index contributed by atoms with van der Waals surface area (Å²) in [6.07, 6.45) is 0.602. The molecule has 0 atom stereocenters. The van der Waals surface area contributed by atoms with E-state index in [0.717, 1.165) is 0 Å². The van der Waals surface area contributed by atoms with Gasteiger partial charge in [0, 0.05) is 13.0 Å². The summed E-state index contributed by atoms with van der Waals surface area (Å²) in [7, 11) is 0. The lowest BCUT2D eigenvalue weighted by Gasteiger charge is -2.05. The van der Waals surface area contributed by atoms with Gasteiger partial charge in [0.1, 0.15) is 0 Å². The third-order valence-corrected chi connectivity index (χ3v) is 2.53. The van der Waals surface area contributed by atoms with E-state index in [2.05, 4.69) is 5.32 Å². The van der Waals surface area contributed by atoms with Gasteiger partial charge in [-0.05, 0) is 11.7 Å². The summed E-state index contributed by atoms with van der Waals surface area (Å²) < 4.78 is 0. The summed E-state index contributed by atoms with van der Waals surface area (Å²) in [5.74, 6) is -0.394. The molecule has 82 valence electrons. The first-order chi connectivity index (χ1) is 6.52. The van der Waals surface area contributed by atoms with Crippen molar-refractivity contribution in [1.82, 2.24) is 5.32 Å². The van der Waals surface area contributed by atoms with Crippen molar-refractivity contribution in [2.24, 2.45) is 0 Å². The first-order valence-electron chi connectivity index (χ1n) is 4.62. The number of carbonyl (C=O) groups excluding carboxylic acids is 1. The van der Waals surface area contributed by atoms with Gasteiger partial charge >= 0.3 is 5.97 Å². The number of carboxylic acids is 1. The molecular formula is C9H17NO3S. The average Bonchev–Trinajstić information content (AvgIpc) is 2.08. The number of carbonyl (C=O) groups is 2. The number of rotatable bonds is 7. The lowest BCUT2D eigenvalue weighted by molar-refractivity contribution is -0.137. The Morgan fingerprint density at radius 1 is 1.43 bits per heavy atom. The van der Waals surface area contributed by atoms with Crippen LogP contribution in [-0.4, -0.2) is 34.5 Å². The molecule has 0 aromatic rings. The summed E-state index contributed by atoms with van der Waals surface area (Å²) in [5.41, 5.74) is 0. The van der Waals surface area contributed by atoms with Crippen molar-refractivity contribution in [2.45, 2.75) is 31.9 Å². The van der Waals surface area contributed by atoms with Gasteiger partial charge in [0.05, 0.1) is 5.75 Å². The molecule has 0 aliphatic heterocycles. The molecule has 0 radical (unpaired) electrons. The van der Waals surface area contributed by atoms with Crippen molar-refractivity contribution >= 4 is 23.6 Å². The van der Waals surface area contributed by atoms with E-state index >= 15 is 0 Å². The third kappa shape index (κ3) is 9.38. The zero-order chi connectivity index (χ0) is 11.0. The zero-order valence-electron chi connectivity index (χ0n) is 8.58. The van der Waals surface area contributed by atoms with Crippen molar-refractivity contribution in [3.8, 4) is 0 Å². The Labute approximate surface area is 88.4 Å². The van der Waals surface area contributed by atoms with Crippen LogP contribution < -0.4 is 5.32 Å². The van der Waals surface area contributed by atoms with Crippen molar-refractivity contribution < 1.29 is 14.7 Å². The standard InChI is InChI=1S/C9H17NO3S/c1-7(2)14-6-8(11)10-5-3-4-9(12)13/h7H,3-6H2,1-2H3,(H,10,11)(H,12,13). The fourth-order valence-corrected chi connectivity index (χ4v) is 1.35. The molecule has 1 amide bonds. The Morgan fingerprint density at radius 2 is 2.07 bits per heavy atom. The minimum absolute atomic E-state index is 0.0194. The van der Waals surface area contributed by atoms with Crippen LogP contribution in [0.2, 0.25) is 0 Å². The Hall–Kier alpha value is -0.710. The smallest absolute Gasteiger partial charge is 0.303 e. The molecule has 0 aliphatic carbocycles. The Balaban J connectivity index is 3.31. The van der Waals surface area contributed by atoms with Gasteiger partial charge in [-0.1, -0.05) is 13.8 Å². The third-order valence-electron chi connectivity index (χ3n) is 1.44. The first kappa shape index (κ1) is 13.3. The molecule has 0 saturated heterocycles. The molecule has 14 heavy (non-hydrogen) atoms. The largest absolute Gasteiger partial charge is 0.481 e. The van der Waals surface area contributed by atoms with Gasteiger partial charge in [0.2, 0.25) is 5.91 Å². The highest BCUT2D eigenvalue weighted by Crippen LogP contribution is 2.07. The van der Waals surface area contributed by atoms with Crippen LogP contribution in [0.1, 0.15) is 26.7 Å². The molecule has 0 saturated carbocycles. The van der Waals surface area contributed by atoms with Crippen LogP contribution in [0.5, 0.6) is 0 Å². The number of nitrogens with one attached hydrogen (secondary N) is 1. The lowest BCUT2D eigenvalue weighted by atomic mass is 10.3. The molecule has 5 heteroatoms.